The van der Waals surface area contributed by atoms with E-state index in [4.69, 9.17) is 4.98 Å². The highest BCUT2D eigenvalue weighted by atomic mass is 32.1. The van der Waals surface area contributed by atoms with Gasteiger partial charge in [-0.15, -0.1) is 10.2 Å². The summed E-state index contributed by atoms with van der Waals surface area (Å²) < 4.78 is 0. The number of likely N-dealkylation sites (tertiary alicyclic amines) is 1. The van der Waals surface area contributed by atoms with Crippen LogP contribution >= 0.6 is 11.3 Å². The fourth-order valence-electron chi connectivity index (χ4n) is 3.31. The maximum absolute atomic E-state index is 12.7. The molecule has 1 amide bonds. The van der Waals surface area contributed by atoms with Gasteiger partial charge in [-0.2, -0.15) is 0 Å². The summed E-state index contributed by atoms with van der Waals surface area (Å²) in [6.07, 6.45) is 1.72. The van der Waals surface area contributed by atoms with E-state index in [0.29, 0.717) is 18.9 Å². The number of carbonyl (C=O) groups excluding carboxylic acids is 1. The number of hydrogen-bond donors (Lipinski definition) is 1. The normalized spacial score (nSPS) is 16.4. The molecule has 7 nitrogen and oxygen atoms in total. The van der Waals surface area contributed by atoms with Crippen molar-refractivity contribution in [3.8, 4) is 0 Å². The van der Waals surface area contributed by atoms with Gasteiger partial charge >= 0.3 is 0 Å². The summed E-state index contributed by atoms with van der Waals surface area (Å²) in [7, 11) is 0. The zero-order valence-corrected chi connectivity index (χ0v) is 16.7. The number of anilines is 2. The van der Waals surface area contributed by atoms with E-state index < -0.39 is 0 Å². The van der Waals surface area contributed by atoms with Crippen molar-refractivity contribution in [2.75, 3.05) is 18.4 Å². The maximum Gasteiger partial charge on any atom is 0.253 e. The van der Waals surface area contributed by atoms with Gasteiger partial charge in [0.05, 0.1) is 0 Å². The maximum atomic E-state index is 12.7. The summed E-state index contributed by atoms with van der Waals surface area (Å²) in [5.41, 5.74) is 1.61. The van der Waals surface area contributed by atoms with E-state index in [9.17, 15) is 4.79 Å². The molecule has 0 spiro atoms. The van der Waals surface area contributed by atoms with E-state index in [1.54, 1.807) is 0 Å². The summed E-state index contributed by atoms with van der Waals surface area (Å²) in [6, 6.07) is 11.3. The first-order valence-corrected chi connectivity index (χ1v) is 10.2. The van der Waals surface area contributed by atoms with Crippen molar-refractivity contribution in [3.63, 3.8) is 0 Å². The minimum atomic E-state index is 0.0649. The van der Waals surface area contributed by atoms with Crippen molar-refractivity contribution in [1.29, 1.82) is 0 Å². The molecule has 2 aromatic heterocycles. The van der Waals surface area contributed by atoms with E-state index in [0.717, 1.165) is 40.1 Å². The van der Waals surface area contributed by atoms with E-state index >= 15 is 0 Å². The number of benzene rings is 1. The molecule has 4 rings (SSSR count). The topological polar surface area (TPSA) is 83.9 Å². The van der Waals surface area contributed by atoms with Crippen LogP contribution in [0.2, 0.25) is 0 Å². The first-order valence-electron chi connectivity index (χ1n) is 9.41. The van der Waals surface area contributed by atoms with Gasteiger partial charge in [0.2, 0.25) is 5.13 Å². The second-order valence-corrected chi connectivity index (χ2v) is 7.90. The van der Waals surface area contributed by atoms with Crippen LogP contribution in [0.4, 0.5) is 10.9 Å². The lowest BCUT2D eigenvalue weighted by Gasteiger charge is -2.16. The Morgan fingerprint density at radius 3 is 2.82 bits per heavy atom. The second-order valence-electron chi connectivity index (χ2n) is 6.84. The van der Waals surface area contributed by atoms with E-state index in [1.165, 1.54) is 11.3 Å². The molecule has 0 aliphatic carbocycles. The highest BCUT2D eigenvalue weighted by Crippen LogP contribution is 2.28. The third-order valence-electron chi connectivity index (χ3n) is 4.74. The minimum absolute atomic E-state index is 0.0649. The zero-order valence-electron chi connectivity index (χ0n) is 15.9. The molecule has 8 heteroatoms. The molecule has 0 saturated carbocycles. The highest BCUT2D eigenvalue weighted by Gasteiger charge is 2.30. The molecule has 1 saturated heterocycles. The Labute approximate surface area is 167 Å². The quantitative estimate of drug-likeness (QED) is 0.712. The SMILES string of the molecule is CCc1nnc(Nc2cc(C)nc([C@@H]3CCN(C(=O)c4ccccc4)C3)n2)s1. The molecule has 1 fully saturated rings. The van der Waals surface area contributed by atoms with Crippen LogP contribution in [-0.4, -0.2) is 44.1 Å². The number of rotatable bonds is 5. The number of nitrogens with zero attached hydrogens (tertiary/aromatic N) is 5. The van der Waals surface area contributed by atoms with Crippen LogP contribution in [0, 0.1) is 6.92 Å². The lowest BCUT2D eigenvalue weighted by molar-refractivity contribution is 0.0790. The third kappa shape index (κ3) is 4.01. The van der Waals surface area contributed by atoms with Crippen molar-refractivity contribution in [1.82, 2.24) is 25.1 Å². The van der Waals surface area contributed by atoms with Crippen molar-refractivity contribution >= 4 is 28.2 Å². The van der Waals surface area contributed by atoms with E-state index in [2.05, 4.69) is 27.4 Å². The number of nitrogens with one attached hydrogen (secondary N) is 1. The molecular formula is C20H22N6OS. The van der Waals surface area contributed by atoms with Crippen molar-refractivity contribution in [2.24, 2.45) is 0 Å². The number of carbonyl (C=O) groups is 1. The Morgan fingerprint density at radius 2 is 2.07 bits per heavy atom. The summed E-state index contributed by atoms with van der Waals surface area (Å²) >= 11 is 1.53. The number of amides is 1. The average Bonchev–Trinajstić information content (AvgIpc) is 3.37. The predicted molar refractivity (Wildman–Crippen MR) is 109 cm³/mol. The molecule has 3 aromatic rings. The largest absolute Gasteiger partial charge is 0.338 e. The van der Waals surface area contributed by atoms with Crippen LogP contribution in [0.15, 0.2) is 36.4 Å². The molecular weight excluding hydrogens is 372 g/mol. The Balaban J connectivity index is 1.48. The molecule has 1 aliphatic rings. The monoisotopic (exact) mass is 394 g/mol. The molecule has 1 aliphatic heterocycles. The van der Waals surface area contributed by atoms with Gasteiger partial charge in [0.15, 0.2) is 0 Å². The van der Waals surface area contributed by atoms with Crippen LogP contribution in [0.5, 0.6) is 0 Å². The van der Waals surface area contributed by atoms with Gasteiger partial charge in [0, 0.05) is 36.3 Å². The van der Waals surface area contributed by atoms with Crippen molar-refractivity contribution < 1.29 is 4.79 Å². The fraction of sp³-hybridized carbons (Fsp3) is 0.350. The Hall–Kier alpha value is -2.87. The van der Waals surface area contributed by atoms with E-state index in [1.807, 2.05) is 48.2 Å². The van der Waals surface area contributed by atoms with Crippen LogP contribution in [0.3, 0.4) is 0 Å². The van der Waals surface area contributed by atoms with Crippen LogP contribution in [0.25, 0.3) is 0 Å². The smallest absolute Gasteiger partial charge is 0.253 e. The summed E-state index contributed by atoms with van der Waals surface area (Å²) in [4.78, 5) is 23.9. The van der Waals surface area contributed by atoms with Crippen molar-refractivity contribution in [3.05, 3.63) is 58.5 Å². The van der Waals surface area contributed by atoms with Crippen LogP contribution in [0.1, 0.15) is 46.1 Å². The van der Waals surface area contributed by atoms with Gasteiger partial charge in [0.1, 0.15) is 16.6 Å². The summed E-state index contributed by atoms with van der Waals surface area (Å²) in [5.74, 6) is 1.68. The van der Waals surface area contributed by atoms with Crippen LogP contribution in [-0.2, 0) is 6.42 Å². The fourth-order valence-corrected chi connectivity index (χ4v) is 4.00. The molecule has 3 heterocycles. The van der Waals surface area contributed by atoms with E-state index in [-0.39, 0.29) is 11.8 Å². The first kappa shape index (κ1) is 18.5. The molecule has 0 radical (unpaired) electrons. The van der Waals surface area contributed by atoms with Crippen LogP contribution < -0.4 is 5.32 Å². The van der Waals surface area contributed by atoms with Gasteiger partial charge in [-0.3, -0.25) is 4.79 Å². The number of aromatic nitrogens is 4. The lowest BCUT2D eigenvalue weighted by atomic mass is 10.1. The molecule has 0 bridgehead atoms. The summed E-state index contributed by atoms with van der Waals surface area (Å²) in [5, 5.41) is 13.2. The Bertz CT molecular complexity index is 974. The predicted octanol–water partition coefficient (Wildman–Crippen LogP) is 3.57. The van der Waals surface area contributed by atoms with Gasteiger partial charge in [-0.05, 0) is 31.9 Å². The molecule has 144 valence electrons. The van der Waals surface area contributed by atoms with Gasteiger partial charge in [-0.1, -0.05) is 36.5 Å². The average molecular weight is 395 g/mol. The summed E-state index contributed by atoms with van der Waals surface area (Å²) in [6.45, 7) is 5.36. The molecule has 1 aromatic carbocycles. The molecule has 28 heavy (non-hydrogen) atoms. The number of hydrogen-bond acceptors (Lipinski definition) is 7. The van der Waals surface area contributed by atoms with Gasteiger partial charge < -0.3 is 10.2 Å². The van der Waals surface area contributed by atoms with Crippen molar-refractivity contribution in [2.45, 2.75) is 32.6 Å². The Morgan fingerprint density at radius 1 is 1.25 bits per heavy atom. The van der Waals surface area contributed by atoms with Gasteiger partial charge in [0.25, 0.3) is 5.91 Å². The molecule has 1 N–H and O–H groups in total. The highest BCUT2D eigenvalue weighted by molar-refractivity contribution is 7.15. The minimum Gasteiger partial charge on any atom is -0.338 e. The zero-order chi connectivity index (χ0) is 19.5. The molecule has 0 unspecified atom stereocenters. The lowest BCUT2D eigenvalue weighted by Crippen LogP contribution is -2.28. The van der Waals surface area contributed by atoms with Gasteiger partial charge in [-0.25, -0.2) is 9.97 Å². The first-order chi connectivity index (χ1) is 13.6. The Kier molecular flexibility index (Phi) is 5.29. The second kappa shape index (κ2) is 8.02. The molecule has 1 atom stereocenters. The third-order valence-corrected chi connectivity index (χ3v) is 5.72. The standard InChI is InChI=1S/C20H22N6OS/c1-3-17-24-25-20(28-17)23-16-11-13(2)21-18(22-16)15-9-10-26(12-15)19(27)14-7-5-4-6-8-14/h4-8,11,15H,3,9-10,12H2,1-2H3,(H,21,22,23,25)/t15-/m1/s1. The number of aryl methyl sites for hydroxylation is 2.